The molecule has 6 N–H and O–H groups in total. The van der Waals surface area contributed by atoms with Crippen molar-refractivity contribution in [3.05, 3.63) is 51.6 Å². The van der Waals surface area contributed by atoms with E-state index in [2.05, 4.69) is 5.32 Å². The normalized spacial score (nSPS) is 27.5. The third kappa shape index (κ3) is 4.57. The molecule has 0 bridgehead atoms. The zero-order valence-electron chi connectivity index (χ0n) is 22.6. The van der Waals surface area contributed by atoms with Crippen LogP contribution in [0.1, 0.15) is 75.8 Å². The Kier molecular flexibility index (Phi) is 7.68. The highest BCUT2D eigenvalue weighted by Crippen LogP contribution is 2.51. The third-order valence-electron chi connectivity index (χ3n) is 8.10. The molecule has 0 radical (unpaired) electrons. The number of carbonyl (C=O) groups is 3. The van der Waals surface area contributed by atoms with Gasteiger partial charge in [0.1, 0.15) is 23.0 Å². The van der Waals surface area contributed by atoms with Crippen molar-refractivity contribution in [2.24, 2.45) is 11.7 Å². The summed E-state index contributed by atoms with van der Waals surface area (Å²) in [5.41, 5.74) is 5.77. The van der Waals surface area contributed by atoms with E-state index in [1.165, 1.54) is 19.2 Å². The number of phenols is 2. The van der Waals surface area contributed by atoms with Gasteiger partial charge in [-0.3, -0.25) is 14.4 Å². The lowest BCUT2D eigenvalue weighted by atomic mass is 9.73. The summed E-state index contributed by atoms with van der Waals surface area (Å²) in [6.45, 7) is 4.22. The van der Waals surface area contributed by atoms with Gasteiger partial charge in [0, 0.05) is 35.1 Å². The summed E-state index contributed by atoms with van der Waals surface area (Å²) in [4.78, 5) is 40.4. The summed E-state index contributed by atoms with van der Waals surface area (Å²) in [5, 5.41) is 36.3. The number of phenolic OH excluding ortho intramolecular Hbond substituents is 2. The number of fused-ring (bicyclic) bond motifs is 3. The molecule has 2 aromatic carbocycles. The van der Waals surface area contributed by atoms with Crippen molar-refractivity contribution in [3.8, 4) is 17.2 Å². The monoisotopic (exact) mass is 554 g/mol. The fourth-order valence-electron chi connectivity index (χ4n) is 6.00. The van der Waals surface area contributed by atoms with Gasteiger partial charge in [0.15, 0.2) is 12.1 Å². The summed E-state index contributed by atoms with van der Waals surface area (Å²) in [6.07, 6.45) is -3.06. The Hall–Kier alpha value is -3.35. The van der Waals surface area contributed by atoms with Crippen LogP contribution in [0.4, 0.5) is 0 Å². The molecule has 1 fully saturated rings. The SMILES string of the molecule is CCNCC(=O)[C@@H]1Cc2c(O)c3c(c(O)c2[C@@H](O[C@H]2C[C@H](N)[C@H](O)[C@H](C)O2)C1)C(=O)c1c(OC)cccc1C3=O. The highest BCUT2D eigenvalue weighted by molar-refractivity contribution is 6.31. The third-order valence-corrected chi connectivity index (χ3v) is 8.10. The summed E-state index contributed by atoms with van der Waals surface area (Å²) in [7, 11) is 1.37. The van der Waals surface area contributed by atoms with Gasteiger partial charge >= 0.3 is 0 Å². The van der Waals surface area contributed by atoms with Crippen molar-refractivity contribution < 1.29 is 43.9 Å². The molecule has 5 rings (SSSR count). The lowest BCUT2D eigenvalue weighted by Crippen LogP contribution is -2.52. The second-order valence-electron chi connectivity index (χ2n) is 10.5. The molecule has 11 heteroatoms. The molecule has 2 aromatic rings. The molecule has 2 aliphatic carbocycles. The predicted molar refractivity (Wildman–Crippen MR) is 142 cm³/mol. The number of carbonyl (C=O) groups excluding carboxylic acids is 3. The van der Waals surface area contributed by atoms with Crippen LogP contribution in [0.3, 0.4) is 0 Å². The van der Waals surface area contributed by atoms with Gasteiger partial charge in [-0.2, -0.15) is 0 Å². The molecule has 0 aromatic heterocycles. The van der Waals surface area contributed by atoms with Gasteiger partial charge in [0.2, 0.25) is 5.78 Å². The van der Waals surface area contributed by atoms with E-state index in [1.807, 2.05) is 6.92 Å². The number of hydrogen-bond acceptors (Lipinski definition) is 11. The number of ether oxygens (including phenoxy) is 3. The van der Waals surface area contributed by atoms with Crippen molar-refractivity contribution in [1.82, 2.24) is 5.32 Å². The number of Topliss-reactive ketones (excluding diaryl/α,β-unsaturated/α-hetero) is 1. The number of nitrogens with one attached hydrogen (secondary N) is 1. The molecule has 0 spiro atoms. The van der Waals surface area contributed by atoms with Gasteiger partial charge in [-0.15, -0.1) is 0 Å². The number of benzene rings is 2. The Labute approximate surface area is 231 Å². The number of aromatic hydroxyl groups is 2. The Morgan fingerprint density at radius 1 is 1.12 bits per heavy atom. The first-order valence-corrected chi connectivity index (χ1v) is 13.4. The van der Waals surface area contributed by atoms with E-state index in [0.717, 1.165) is 0 Å². The van der Waals surface area contributed by atoms with Crippen LogP contribution in [0, 0.1) is 5.92 Å². The molecule has 0 amide bonds. The smallest absolute Gasteiger partial charge is 0.202 e. The fraction of sp³-hybridized carbons (Fsp3) is 0.483. The fourth-order valence-corrected chi connectivity index (χ4v) is 6.00. The molecule has 3 aliphatic rings. The molecule has 0 saturated carbocycles. The van der Waals surface area contributed by atoms with Gasteiger partial charge in [-0.1, -0.05) is 19.1 Å². The van der Waals surface area contributed by atoms with Crippen LogP contribution in [0.25, 0.3) is 0 Å². The number of methoxy groups -OCH3 is 1. The van der Waals surface area contributed by atoms with Crippen LogP contribution in [0.2, 0.25) is 0 Å². The van der Waals surface area contributed by atoms with Crippen LogP contribution >= 0.6 is 0 Å². The summed E-state index contributed by atoms with van der Waals surface area (Å²) >= 11 is 0. The van der Waals surface area contributed by atoms with E-state index in [4.69, 9.17) is 19.9 Å². The zero-order chi connectivity index (χ0) is 28.9. The first kappa shape index (κ1) is 28.2. The van der Waals surface area contributed by atoms with Crippen molar-refractivity contribution in [1.29, 1.82) is 0 Å². The van der Waals surface area contributed by atoms with Crippen LogP contribution in [-0.4, -0.2) is 77.4 Å². The Balaban J connectivity index is 1.63. The summed E-state index contributed by atoms with van der Waals surface area (Å²) < 4.78 is 17.4. The zero-order valence-corrected chi connectivity index (χ0v) is 22.6. The van der Waals surface area contributed by atoms with Gasteiger partial charge in [-0.25, -0.2) is 0 Å². The minimum Gasteiger partial charge on any atom is -0.507 e. The van der Waals surface area contributed by atoms with E-state index in [-0.39, 0.29) is 70.7 Å². The van der Waals surface area contributed by atoms with E-state index in [9.17, 15) is 29.7 Å². The second kappa shape index (κ2) is 10.9. The van der Waals surface area contributed by atoms with E-state index >= 15 is 0 Å². The number of hydrogen-bond donors (Lipinski definition) is 5. The lowest BCUT2D eigenvalue weighted by Gasteiger charge is -2.40. The van der Waals surface area contributed by atoms with Gasteiger partial charge in [0.25, 0.3) is 0 Å². The maximum absolute atomic E-state index is 13.7. The molecule has 214 valence electrons. The van der Waals surface area contributed by atoms with Gasteiger partial charge in [-0.05, 0) is 32.4 Å². The standard InChI is InChI=1S/C29H34N2O9/c1-4-31-11-17(32)13-8-15-22(19(9-13)40-20-10-16(30)25(33)12(2)39-20)29(37)24-23(27(15)35)26(34)14-6-5-7-18(38-3)21(14)28(24)36/h5-7,12-13,16,19-20,25,31,33,35,37H,4,8-11,30H2,1-3H3/t12-,13+,16-,19-,20-,25+/m0/s1. The molecule has 1 heterocycles. The number of aliphatic hydroxyl groups is 1. The van der Waals surface area contributed by atoms with Crippen LogP contribution < -0.4 is 15.8 Å². The van der Waals surface area contributed by atoms with Crippen LogP contribution in [0.5, 0.6) is 17.2 Å². The summed E-state index contributed by atoms with van der Waals surface area (Å²) in [5.74, 6) is -2.83. The number of nitrogens with two attached hydrogens (primary N) is 1. The molecule has 0 unspecified atom stereocenters. The predicted octanol–water partition coefficient (Wildman–Crippen LogP) is 1.50. The molecular weight excluding hydrogens is 520 g/mol. The Morgan fingerprint density at radius 3 is 2.52 bits per heavy atom. The largest absolute Gasteiger partial charge is 0.507 e. The van der Waals surface area contributed by atoms with Crippen LogP contribution in [0.15, 0.2) is 18.2 Å². The number of rotatable bonds is 7. The average Bonchev–Trinajstić information content (AvgIpc) is 2.94. The highest BCUT2D eigenvalue weighted by atomic mass is 16.7. The molecular formula is C29H34N2O9. The molecule has 6 atom stereocenters. The first-order valence-electron chi connectivity index (χ1n) is 13.4. The van der Waals surface area contributed by atoms with Crippen molar-refractivity contribution in [3.63, 3.8) is 0 Å². The molecule has 1 aliphatic heterocycles. The lowest BCUT2D eigenvalue weighted by molar-refractivity contribution is -0.243. The average molecular weight is 555 g/mol. The van der Waals surface area contributed by atoms with E-state index in [1.54, 1.807) is 13.0 Å². The van der Waals surface area contributed by atoms with Crippen LogP contribution in [-0.2, 0) is 20.7 Å². The van der Waals surface area contributed by atoms with Gasteiger partial charge < -0.3 is 40.6 Å². The molecule has 11 nitrogen and oxygen atoms in total. The number of aliphatic hydroxyl groups excluding tert-OH is 1. The Morgan fingerprint density at radius 2 is 1.85 bits per heavy atom. The van der Waals surface area contributed by atoms with Crippen molar-refractivity contribution >= 4 is 17.3 Å². The van der Waals surface area contributed by atoms with Crippen molar-refractivity contribution in [2.45, 2.75) is 63.8 Å². The topological polar surface area (TPSA) is 178 Å². The number of ketones is 3. The minimum absolute atomic E-state index is 0.00600. The van der Waals surface area contributed by atoms with E-state index in [0.29, 0.717) is 6.54 Å². The van der Waals surface area contributed by atoms with Crippen molar-refractivity contribution in [2.75, 3.05) is 20.2 Å². The highest BCUT2D eigenvalue weighted by Gasteiger charge is 2.45. The maximum Gasteiger partial charge on any atom is 0.202 e. The maximum atomic E-state index is 13.7. The number of likely N-dealkylation sites (N-methyl/N-ethyl adjacent to an activating group) is 1. The molecule has 40 heavy (non-hydrogen) atoms. The first-order chi connectivity index (χ1) is 19.1. The van der Waals surface area contributed by atoms with Gasteiger partial charge in [0.05, 0.1) is 48.7 Å². The molecule has 1 saturated heterocycles. The second-order valence-corrected chi connectivity index (χ2v) is 10.5. The Bertz CT molecular complexity index is 1360. The van der Waals surface area contributed by atoms with E-state index < -0.39 is 59.6 Å². The summed E-state index contributed by atoms with van der Waals surface area (Å²) in [6, 6.07) is 3.94. The minimum atomic E-state index is -0.975. The quantitative estimate of drug-likeness (QED) is 0.267.